The molecule has 0 unspecified atom stereocenters. The van der Waals surface area contributed by atoms with Crippen LogP contribution in [0, 0.1) is 12.7 Å². The number of nitrogens with two attached hydrogens (primary N) is 1. The topological polar surface area (TPSA) is 42.4 Å². The Balaban J connectivity index is 2.00. The van der Waals surface area contributed by atoms with Crippen LogP contribution in [0.2, 0.25) is 0 Å². The highest BCUT2D eigenvalue weighted by atomic mass is 19.1. The van der Waals surface area contributed by atoms with Crippen LogP contribution < -0.4 is 10.6 Å². The molecular weight excluding hydrogens is 267 g/mol. The van der Waals surface area contributed by atoms with E-state index in [-0.39, 0.29) is 11.9 Å². The van der Waals surface area contributed by atoms with Crippen molar-refractivity contribution >= 4 is 5.69 Å². The van der Waals surface area contributed by atoms with Gasteiger partial charge < -0.3 is 15.1 Å². The molecule has 3 nitrogen and oxygen atoms in total. The van der Waals surface area contributed by atoms with Crippen molar-refractivity contribution in [3.63, 3.8) is 0 Å². The molecule has 1 aliphatic rings. The highest BCUT2D eigenvalue weighted by Gasteiger charge is 2.31. The molecule has 2 N–H and O–H groups in total. The van der Waals surface area contributed by atoms with Crippen LogP contribution in [0.15, 0.2) is 34.9 Å². The molecule has 1 fully saturated rings. The predicted octanol–water partition coefficient (Wildman–Crippen LogP) is 3.92. The van der Waals surface area contributed by atoms with Gasteiger partial charge in [0.05, 0.1) is 12.8 Å². The Morgan fingerprint density at radius 1 is 1.43 bits per heavy atom. The summed E-state index contributed by atoms with van der Waals surface area (Å²) in [6.07, 6.45) is 4.01. The van der Waals surface area contributed by atoms with Gasteiger partial charge >= 0.3 is 0 Å². The zero-order valence-corrected chi connectivity index (χ0v) is 12.5. The molecule has 0 spiro atoms. The second-order valence-electron chi connectivity index (χ2n) is 5.89. The zero-order chi connectivity index (χ0) is 15.0. The van der Waals surface area contributed by atoms with E-state index in [1.54, 1.807) is 19.3 Å². The Hall–Kier alpha value is -1.81. The molecule has 0 bridgehead atoms. The lowest BCUT2D eigenvalue weighted by molar-refractivity contribution is 0.500. The van der Waals surface area contributed by atoms with Crippen molar-refractivity contribution in [1.82, 2.24) is 0 Å². The second-order valence-corrected chi connectivity index (χ2v) is 5.89. The summed E-state index contributed by atoms with van der Waals surface area (Å²) in [5.41, 5.74) is 8.59. The molecule has 1 saturated carbocycles. The Morgan fingerprint density at radius 2 is 2.19 bits per heavy atom. The molecule has 112 valence electrons. The summed E-state index contributed by atoms with van der Waals surface area (Å²) in [5.74, 6) is 0.722. The lowest BCUT2D eigenvalue weighted by atomic mass is 10.0. The third-order valence-corrected chi connectivity index (χ3v) is 4.00. The van der Waals surface area contributed by atoms with Crippen LogP contribution in [-0.2, 0) is 6.54 Å². The Bertz CT molecular complexity index is 618. The lowest BCUT2D eigenvalue weighted by Gasteiger charge is -2.28. The average molecular weight is 288 g/mol. The van der Waals surface area contributed by atoms with Crippen molar-refractivity contribution in [2.45, 2.75) is 45.3 Å². The minimum absolute atomic E-state index is 0.195. The zero-order valence-electron chi connectivity index (χ0n) is 12.5. The van der Waals surface area contributed by atoms with Crippen LogP contribution in [0.25, 0.3) is 0 Å². The number of hydrogen-bond acceptors (Lipinski definition) is 3. The monoisotopic (exact) mass is 288 g/mol. The fraction of sp³-hybridized carbons (Fsp3) is 0.412. The summed E-state index contributed by atoms with van der Waals surface area (Å²) in [6, 6.07) is 7.65. The first-order valence-corrected chi connectivity index (χ1v) is 7.41. The van der Waals surface area contributed by atoms with Crippen LogP contribution in [0.3, 0.4) is 0 Å². The first-order chi connectivity index (χ1) is 10.1. The van der Waals surface area contributed by atoms with Gasteiger partial charge in [-0.3, -0.25) is 0 Å². The number of halogens is 1. The molecule has 0 aliphatic heterocycles. The summed E-state index contributed by atoms with van der Waals surface area (Å²) < 4.78 is 19.4. The molecule has 1 aromatic heterocycles. The van der Waals surface area contributed by atoms with Crippen molar-refractivity contribution in [1.29, 1.82) is 0 Å². The van der Waals surface area contributed by atoms with Crippen molar-refractivity contribution in [3.05, 3.63) is 53.2 Å². The maximum atomic E-state index is 13.9. The minimum atomic E-state index is -0.201. The maximum Gasteiger partial charge on any atom is 0.126 e. The molecule has 1 aliphatic carbocycles. The number of hydrogen-bond donors (Lipinski definition) is 1. The van der Waals surface area contributed by atoms with Crippen LogP contribution in [0.1, 0.15) is 42.7 Å². The first kappa shape index (κ1) is 14.1. The molecule has 21 heavy (non-hydrogen) atoms. The molecule has 0 radical (unpaired) electrons. The van der Waals surface area contributed by atoms with Gasteiger partial charge in [-0.2, -0.15) is 0 Å². The van der Waals surface area contributed by atoms with E-state index in [2.05, 4.69) is 4.90 Å². The van der Waals surface area contributed by atoms with Crippen molar-refractivity contribution < 1.29 is 8.81 Å². The van der Waals surface area contributed by atoms with Gasteiger partial charge in [-0.25, -0.2) is 4.39 Å². The first-order valence-electron chi connectivity index (χ1n) is 7.41. The maximum absolute atomic E-state index is 13.9. The summed E-state index contributed by atoms with van der Waals surface area (Å²) >= 11 is 0. The molecule has 1 heterocycles. The van der Waals surface area contributed by atoms with Gasteiger partial charge in [-0.1, -0.05) is 0 Å². The van der Waals surface area contributed by atoms with E-state index in [9.17, 15) is 4.39 Å². The lowest BCUT2D eigenvalue weighted by Crippen LogP contribution is -2.27. The molecule has 1 aromatic carbocycles. The van der Waals surface area contributed by atoms with Crippen molar-refractivity contribution in [2.75, 3.05) is 4.90 Å². The standard InChI is InChI=1S/C17H21FN2O/c1-11-8-17(15(12(2)19)9-16(11)18)20(13-5-6-13)10-14-4-3-7-21-14/h3-4,7-9,12-13H,5-6,10,19H2,1-2H3/t12-/m1/s1. The van der Waals surface area contributed by atoms with E-state index < -0.39 is 0 Å². The third kappa shape index (κ3) is 2.95. The molecule has 0 amide bonds. The van der Waals surface area contributed by atoms with Gasteiger partial charge in [0.2, 0.25) is 0 Å². The SMILES string of the molecule is Cc1cc(N(Cc2ccco2)C2CC2)c([C@@H](C)N)cc1F. The molecule has 0 saturated heterocycles. The van der Waals surface area contributed by atoms with E-state index >= 15 is 0 Å². The fourth-order valence-corrected chi connectivity index (χ4v) is 2.66. The van der Waals surface area contributed by atoms with Crippen LogP contribution in [-0.4, -0.2) is 6.04 Å². The Morgan fingerprint density at radius 3 is 2.76 bits per heavy atom. The van der Waals surface area contributed by atoms with Gasteiger partial charge in [0.1, 0.15) is 11.6 Å². The smallest absolute Gasteiger partial charge is 0.126 e. The molecule has 4 heteroatoms. The summed E-state index contributed by atoms with van der Waals surface area (Å²) in [7, 11) is 0. The van der Waals surface area contributed by atoms with Crippen LogP contribution in [0.4, 0.5) is 10.1 Å². The van der Waals surface area contributed by atoms with Crippen molar-refractivity contribution in [2.24, 2.45) is 5.73 Å². The quantitative estimate of drug-likeness (QED) is 0.907. The molecule has 2 aromatic rings. The third-order valence-electron chi connectivity index (χ3n) is 4.00. The van der Waals surface area contributed by atoms with E-state index in [0.717, 1.165) is 29.9 Å². The Labute approximate surface area is 124 Å². The van der Waals surface area contributed by atoms with Gasteiger partial charge in [-0.05, 0) is 62.1 Å². The van der Waals surface area contributed by atoms with E-state index in [0.29, 0.717) is 18.2 Å². The average Bonchev–Trinajstić information content (AvgIpc) is 3.15. The minimum Gasteiger partial charge on any atom is -0.467 e. The van der Waals surface area contributed by atoms with E-state index in [4.69, 9.17) is 10.2 Å². The number of furan rings is 1. The second kappa shape index (κ2) is 5.53. The number of rotatable bonds is 5. The predicted molar refractivity (Wildman–Crippen MR) is 81.7 cm³/mol. The fourth-order valence-electron chi connectivity index (χ4n) is 2.66. The number of benzene rings is 1. The van der Waals surface area contributed by atoms with Crippen LogP contribution >= 0.6 is 0 Å². The van der Waals surface area contributed by atoms with Gasteiger partial charge in [0, 0.05) is 17.8 Å². The Kier molecular flexibility index (Phi) is 3.72. The van der Waals surface area contributed by atoms with Crippen LogP contribution in [0.5, 0.6) is 0 Å². The van der Waals surface area contributed by atoms with Crippen molar-refractivity contribution in [3.8, 4) is 0 Å². The normalized spacial score (nSPS) is 16.0. The van der Waals surface area contributed by atoms with Gasteiger partial charge in [-0.15, -0.1) is 0 Å². The highest BCUT2D eigenvalue weighted by Crippen LogP contribution is 2.37. The molecular formula is C17H21FN2O. The van der Waals surface area contributed by atoms with Gasteiger partial charge in [0.25, 0.3) is 0 Å². The number of anilines is 1. The highest BCUT2D eigenvalue weighted by molar-refractivity contribution is 5.58. The summed E-state index contributed by atoms with van der Waals surface area (Å²) in [4.78, 5) is 2.30. The molecule has 1 atom stereocenters. The number of aryl methyl sites for hydroxylation is 1. The largest absolute Gasteiger partial charge is 0.467 e. The summed E-state index contributed by atoms with van der Waals surface area (Å²) in [6.45, 7) is 4.38. The molecule has 3 rings (SSSR count). The summed E-state index contributed by atoms with van der Waals surface area (Å²) in [5, 5.41) is 0. The van der Waals surface area contributed by atoms with E-state index in [1.165, 1.54) is 0 Å². The van der Waals surface area contributed by atoms with E-state index in [1.807, 2.05) is 25.1 Å². The van der Waals surface area contributed by atoms with Gasteiger partial charge in [0.15, 0.2) is 0 Å². The number of nitrogens with zero attached hydrogens (tertiary/aromatic N) is 1.